The molecular formula is C6H15NO2. The first-order valence-corrected chi connectivity index (χ1v) is 3.29. The number of rotatable bonds is 4. The second kappa shape index (κ2) is 4.73. The zero-order valence-electron chi connectivity index (χ0n) is 6.04. The Morgan fingerprint density at radius 2 is 2.00 bits per heavy atom. The fourth-order valence-electron chi connectivity index (χ4n) is 0.663. The molecule has 9 heavy (non-hydrogen) atoms. The molecule has 0 aromatic rings. The molecule has 0 aliphatic heterocycles. The lowest BCUT2D eigenvalue weighted by Crippen LogP contribution is -2.35. The molecule has 3 heteroatoms. The lowest BCUT2D eigenvalue weighted by molar-refractivity contribution is -0.0438. The van der Waals surface area contributed by atoms with Crippen LogP contribution in [0.25, 0.3) is 0 Å². The third-order valence-corrected chi connectivity index (χ3v) is 1.37. The highest BCUT2D eigenvalue weighted by atomic mass is 16.3. The summed E-state index contributed by atoms with van der Waals surface area (Å²) in [5, 5.41) is 17.7. The van der Waals surface area contributed by atoms with E-state index in [0.717, 1.165) is 0 Å². The van der Waals surface area contributed by atoms with Gasteiger partial charge in [0.15, 0.2) is 0 Å². The Morgan fingerprint density at radius 3 is 2.11 bits per heavy atom. The fraction of sp³-hybridized carbons (Fsp3) is 1.00. The van der Waals surface area contributed by atoms with Crippen molar-refractivity contribution in [1.82, 2.24) is 4.90 Å². The molecule has 0 rings (SSSR count). The molecule has 0 spiro atoms. The molecule has 0 aromatic carbocycles. The van der Waals surface area contributed by atoms with Crippen LogP contribution in [0.4, 0.5) is 0 Å². The van der Waals surface area contributed by atoms with Crippen molar-refractivity contribution in [3.63, 3.8) is 0 Å². The van der Waals surface area contributed by atoms with Crippen LogP contribution >= 0.6 is 0 Å². The van der Waals surface area contributed by atoms with Crippen molar-refractivity contribution in [1.29, 1.82) is 0 Å². The molecule has 0 aromatic heterocycles. The van der Waals surface area contributed by atoms with E-state index in [1.165, 1.54) is 0 Å². The maximum Gasteiger partial charge on any atom is 0.108 e. The fourth-order valence-corrected chi connectivity index (χ4v) is 0.663. The summed E-state index contributed by atoms with van der Waals surface area (Å²) < 4.78 is 0. The Morgan fingerprint density at radius 1 is 1.44 bits per heavy atom. The third-order valence-electron chi connectivity index (χ3n) is 1.37. The van der Waals surface area contributed by atoms with E-state index in [9.17, 15) is 0 Å². The third kappa shape index (κ3) is 2.79. The van der Waals surface area contributed by atoms with E-state index in [4.69, 9.17) is 10.2 Å². The summed E-state index contributed by atoms with van der Waals surface area (Å²) >= 11 is 0. The van der Waals surface area contributed by atoms with Crippen LogP contribution in [0.1, 0.15) is 20.3 Å². The molecule has 0 saturated carbocycles. The maximum atomic E-state index is 9.08. The molecule has 0 heterocycles. The number of hydrogen-bond donors (Lipinski definition) is 2. The van der Waals surface area contributed by atoms with Gasteiger partial charge in [0.1, 0.15) is 6.23 Å². The molecule has 0 aliphatic rings. The Kier molecular flexibility index (Phi) is 4.67. The predicted octanol–water partition coefficient (Wildman–Crippen LogP) is -0.0135. The summed E-state index contributed by atoms with van der Waals surface area (Å²) in [6, 6.07) is 0. The van der Waals surface area contributed by atoms with Gasteiger partial charge in [0.05, 0.1) is 6.73 Å². The van der Waals surface area contributed by atoms with Gasteiger partial charge in [0.25, 0.3) is 0 Å². The summed E-state index contributed by atoms with van der Waals surface area (Å²) in [7, 11) is 0. The first-order chi connectivity index (χ1) is 4.26. The molecule has 0 fully saturated rings. The van der Waals surface area contributed by atoms with E-state index in [0.29, 0.717) is 13.0 Å². The second-order valence-corrected chi connectivity index (χ2v) is 1.94. The zero-order chi connectivity index (χ0) is 7.28. The Balaban J connectivity index is 3.50. The van der Waals surface area contributed by atoms with Crippen molar-refractivity contribution in [2.24, 2.45) is 0 Å². The van der Waals surface area contributed by atoms with Crippen molar-refractivity contribution in [2.75, 3.05) is 13.3 Å². The average molecular weight is 133 g/mol. The number of hydrogen-bond acceptors (Lipinski definition) is 3. The summed E-state index contributed by atoms with van der Waals surface area (Å²) in [6.45, 7) is 4.40. The minimum atomic E-state index is -0.486. The molecule has 0 radical (unpaired) electrons. The Labute approximate surface area is 55.9 Å². The van der Waals surface area contributed by atoms with Gasteiger partial charge in [0, 0.05) is 0 Å². The highest BCUT2D eigenvalue weighted by molar-refractivity contribution is 4.51. The second-order valence-electron chi connectivity index (χ2n) is 1.94. The van der Waals surface area contributed by atoms with Crippen LogP contribution in [0.2, 0.25) is 0 Å². The number of aliphatic hydroxyl groups is 2. The molecule has 1 atom stereocenters. The van der Waals surface area contributed by atoms with Gasteiger partial charge in [0.2, 0.25) is 0 Å². The maximum absolute atomic E-state index is 9.08. The van der Waals surface area contributed by atoms with Crippen molar-refractivity contribution >= 4 is 0 Å². The van der Waals surface area contributed by atoms with Gasteiger partial charge < -0.3 is 10.2 Å². The highest BCUT2D eigenvalue weighted by Gasteiger charge is 2.08. The first kappa shape index (κ1) is 8.88. The highest BCUT2D eigenvalue weighted by Crippen LogP contribution is 1.96. The van der Waals surface area contributed by atoms with E-state index in [1.807, 2.05) is 13.8 Å². The lowest BCUT2D eigenvalue weighted by Gasteiger charge is -2.22. The number of aliphatic hydroxyl groups excluding tert-OH is 2. The van der Waals surface area contributed by atoms with Gasteiger partial charge in [-0.25, -0.2) is 0 Å². The van der Waals surface area contributed by atoms with Crippen LogP contribution in [0.15, 0.2) is 0 Å². The number of nitrogens with zero attached hydrogens (tertiary/aromatic N) is 1. The zero-order valence-corrected chi connectivity index (χ0v) is 6.04. The lowest BCUT2D eigenvalue weighted by atomic mass is 10.4. The van der Waals surface area contributed by atoms with Crippen molar-refractivity contribution in [3.8, 4) is 0 Å². The summed E-state index contributed by atoms with van der Waals surface area (Å²) in [6.07, 6.45) is 0.175. The van der Waals surface area contributed by atoms with E-state index in [-0.39, 0.29) is 6.73 Å². The molecule has 0 saturated heterocycles. The normalized spacial score (nSPS) is 14.3. The van der Waals surface area contributed by atoms with Gasteiger partial charge in [-0.05, 0) is 13.0 Å². The Bertz CT molecular complexity index is 64.1. The van der Waals surface area contributed by atoms with E-state index in [1.54, 1.807) is 4.90 Å². The largest absolute Gasteiger partial charge is 0.381 e. The van der Waals surface area contributed by atoms with Crippen LogP contribution in [-0.2, 0) is 0 Å². The summed E-state index contributed by atoms with van der Waals surface area (Å²) in [5.74, 6) is 0. The molecule has 2 N–H and O–H groups in total. The molecule has 1 unspecified atom stereocenters. The molecule has 0 aliphatic carbocycles. The smallest absolute Gasteiger partial charge is 0.108 e. The summed E-state index contributed by atoms with van der Waals surface area (Å²) in [4.78, 5) is 1.58. The minimum absolute atomic E-state index is 0.0640. The Hall–Kier alpha value is -0.120. The van der Waals surface area contributed by atoms with Crippen LogP contribution in [0.3, 0.4) is 0 Å². The van der Waals surface area contributed by atoms with E-state index in [2.05, 4.69) is 0 Å². The van der Waals surface area contributed by atoms with Gasteiger partial charge >= 0.3 is 0 Å². The monoisotopic (exact) mass is 133 g/mol. The standard InChI is InChI=1S/C6H15NO2/c1-3-6(9)7(4-2)5-8/h6,8-9H,3-5H2,1-2H3. The van der Waals surface area contributed by atoms with Crippen molar-refractivity contribution < 1.29 is 10.2 Å². The van der Waals surface area contributed by atoms with Crippen LogP contribution in [-0.4, -0.2) is 34.6 Å². The van der Waals surface area contributed by atoms with Crippen molar-refractivity contribution in [2.45, 2.75) is 26.5 Å². The van der Waals surface area contributed by atoms with Crippen LogP contribution in [0, 0.1) is 0 Å². The van der Waals surface area contributed by atoms with E-state index >= 15 is 0 Å². The van der Waals surface area contributed by atoms with Crippen molar-refractivity contribution in [3.05, 3.63) is 0 Å². The van der Waals surface area contributed by atoms with Gasteiger partial charge in [-0.15, -0.1) is 0 Å². The molecule has 3 nitrogen and oxygen atoms in total. The topological polar surface area (TPSA) is 43.7 Å². The quantitative estimate of drug-likeness (QED) is 0.530. The molecule has 0 amide bonds. The molecule has 0 bridgehead atoms. The molecular weight excluding hydrogens is 118 g/mol. The molecule has 56 valence electrons. The minimum Gasteiger partial charge on any atom is -0.381 e. The van der Waals surface area contributed by atoms with E-state index < -0.39 is 6.23 Å². The van der Waals surface area contributed by atoms with Gasteiger partial charge in [-0.1, -0.05) is 13.8 Å². The summed E-state index contributed by atoms with van der Waals surface area (Å²) in [5.41, 5.74) is 0. The SMILES string of the molecule is CCC(O)N(CC)CO. The van der Waals surface area contributed by atoms with Gasteiger partial charge in [-0.2, -0.15) is 0 Å². The van der Waals surface area contributed by atoms with Gasteiger partial charge in [-0.3, -0.25) is 4.90 Å². The average Bonchev–Trinajstić information content (AvgIpc) is 1.90. The van der Waals surface area contributed by atoms with Crippen LogP contribution < -0.4 is 0 Å². The van der Waals surface area contributed by atoms with Crippen LogP contribution in [0.5, 0.6) is 0 Å². The predicted molar refractivity (Wildman–Crippen MR) is 35.8 cm³/mol. The first-order valence-electron chi connectivity index (χ1n) is 3.29.